The molecular weight excluding hydrogens is 264 g/mol. The third kappa shape index (κ3) is 4.06. The molecule has 1 saturated carbocycles. The number of aryl methyl sites for hydroxylation is 1. The molecule has 1 aromatic heterocycles. The number of hydrogen-bond donors (Lipinski definition) is 2. The van der Waals surface area contributed by atoms with Crippen LogP contribution >= 0.6 is 0 Å². The van der Waals surface area contributed by atoms with Crippen molar-refractivity contribution >= 4 is 5.91 Å². The molecule has 0 radical (unpaired) electrons. The van der Waals surface area contributed by atoms with E-state index in [1.54, 1.807) is 0 Å². The van der Waals surface area contributed by atoms with Crippen LogP contribution in [0, 0.1) is 5.92 Å². The van der Waals surface area contributed by atoms with Crippen molar-refractivity contribution in [3.63, 3.8) is 0 Å². The fourth-order valence-corrected chi connectivity index (χ4v) is 3.13. The minimum Gasteiger partial charge on any atom is -0.369 e. The van der Waals surface area contributed by atoms with Gasteiger partial charge in [0.25, 0.3) is 0 Å². The van der Waals surface area contributed by atoms with Crippen LogP contribution in [0.2, 0.25) is 0 Å². The smallest absolute Gasteiger partial charge is 0.220 e. The Labute approximate surface area is 127 Å². The summed E-state index contributed by atoms with van der Waals surface area (Å²) in [6.07, 6.45) is 5.97. The van der Waals surface area contributed by atoms with Gasteiger partial charge in [-0.25, -0.2) is 0 Å². The maximum absolute atomic E-state index is 11.2. The number of carbonyl (C=O) groups is 1. The minimum atomic E-state index is -0.143. The number of aromatic nitrogens is 2. The van der Waals surface area contributed by atoms with Gasteiger partial charge in [-0.15, -0.1) is 0 Å². The molecule has 5 heteroatoms. The van der Waals surface area contributed by atoms with E-state index in [1.807, 2.05) is 11.7 Å². The second kappa shape index (κ2) is 6.18. The van der Waals surface area contributed by atoms with Crippen molar-refractivity contribution in [1.29, 1.82) is 0 Å². The maximum atomic E-state index is 11.2. The fourth-order valence-electron chi connectivity index (χ4n) is 3.13. The van der Waals surface area contributed by atoms with Gasteiger partial charge in [-0.2, -0.15) is 5.10 Å². The van der Waals surface area contributed by atoms with Gasteiger partial charge in [0.1, 0.15) is 0 Å². The van der Waals surface area contributed by atoms with Crippen LogP contribution in [-0.4, -0.2) is 21.7 Å². The Balaban J connectivity index is 1.91. The van der Waals surface area contributed by atoms with E-state index >= 15 is 0 Å². The van der Waals surface area contributed by atoms with E-state index in [-0.39, 0.29) is 17.2 Å². The number of nitrogens with zero attached hydrogens (tertiary/aromatic N) is 2. The van der Waals surface area contributed by atoms with Crippen molar-refractivity contribution in [2.45, 2.75) is 64.5 Å². The Bertz CT molecular complexity index is 493. The van der Waals surface area contributed by atoms with Crippen LogP contribution in [0.15, 0.2) is 6.20 Å². The third-order valence-electron chi connectivity index (χ3n) is 4.33. The number of nitrogens with one attached hydrogen (secondary N) is 1. The van der Waals surface area contributed by atoms with Crippen LogP contribution < -0.4 is 11.1 Å². The lowest BCUT2D eigenvalue weighted by molar-refractivity contribution is -0.122. The molecule has 1 amide bonds. The molecule has 0 unspecified atom stereocenters. The Hall–Kier alpha value is -1.36. The second-order valence-corrected chi connectivity index (χ2v) is 7.26. The first kappa shape index (κ1) is 16.0. The molecule has 0 bridgehead atoms. The first-order chi connectivity index (χ1) is 9.77. The molecule has 0 spiro atoms. The van der Waals surface area contributed by atoms with Crippen molar-refractivity contribution in [2.75, 3.05) is 0 Å². The van der Waals surface area contributed by atoms with E-state index < -0.39 is 0 Å². The molecule has 1 aliphatic rings. The van der Waals surface area contributed by atoms with Crippen LogP contribution in [0.4, 0.5) is 0 Å². The Kier molecular flexibility index (Phi) is 4.71. The standard InChI is InChI=1S/C16H28N4O/c1-16(2,3)14-12(10-20(4)19-14)9-18-13-7-5-11(6-8-13)15(17)21/h10-11,13,18H,5-9H2,1-4H3,(H2,17,21). The number of nitrogens with two attached hydrogens (primary N) is 1. The lowest BCUT2D eigenvalue weighted by Crippen LogP contribution is -2.36. The molecule has 21 heavy (non-hydrogen) atoms. The molecule has 1 aromatic rings. The molecule has 0 aromatic carbocycles. The molecule has 5 nitrogen and oxygen atoms in total. The molecular formula is C16H28N4O. The van der Waals surface area contributed by atoms with Gasteiger partial charge in [0.15, 0.2) is 0 Å². The summed E-state index contributed by atoms with van der Waals surface area (Å²) >= 11 is 0. The first-order valence-electron chi connectivity index (χ1n) is 7.83. The van der Waals surface area contributed by atoms with E-state index in [0.717, 1.165) is 37.9 Å². The number of hydrogen-bond acceptors (Lipinski definition) is 3. The van der Waals surface area contributed by atoms with Crippen molar-refractivity contribution in [3.8, 4) is 0 Å². The van der Waals surface area contributed by atoms with E-state index in [2.05, 4.69) is 37.4 Å². The molecule has 1 aliphatic carbocycles. The highest BCUT2D eigenvalue weighted by Crippen LogP contribution is 2.26. The van der Waals surface area contributed by atoms with Gasteiger partial charge < -0.3 is 11.1 Å². The molecule has 118 valence electrons. The molecule has 3 N–H and O–H groups in total. The van der Waals surface area contributed by atoms with E-state index in [9.17, 15) is 4.79 Å². The number of primary amides is 1. The van der Waals surface area contributed by atoms with Crippen LogP contribution in [0.5, 0.6) is 0 Å². The topological polar surface area (TPSA) is 72.9 Å². The molecule has 1 fully saturated rings. The van der Waals surface area contributed by atoms with Gasteiger partial charge in [0, 0.05) is 42.7 Å². The van der Waals surface area contributed by atoms with Crippen molar-refractivity contribution in [2.24, 2.45) is 18.7 Å². The lowest BCUT2D eigenvalue weighted by atomic mass is 9.85. The average molecular weight is 292 g/mol. The largest absolute Gasteiger partial charge is 0.369 e. The average Bonchev–Trinajstić information content (AvgIpc) is 2.78. The summed E-state index contributed by atoms with van der Waals surface area (Å²) in [6, 6.07) is 0.480. The summed E-state index contributed by atoms with van der Waals surface area (Å²) in [5.41, 5.74) is 7.86. The van der Waals surface area contributed by atoms with Gasteiger partial charge in [0.2, 0.25) is 5.91 Å². The summed E-state index contributed by atoms with van der Waals surface area (Å²) in [7, 11) is 1.97. The highest BCUT2D eigenvalue weighted by molar-refractivity contribution is 5.76. The van der Waals surface area contributed by atoms with Crippen molar-refractivity contribution in [3.05, 3.63) is 17.5 Å². The minimum absolute atomic E-state index is 0.0574. The van der Waals surface area contributed by atoms with Crippen LogP contribution in [0.3, 0.4) is 0 Å². The van der Waals surface area contributed by atoms with Gasteiger partial charge >= 0.3 is 0 Å². The third-order valence-corrected chi connectivity index (χ3v) is 4.33. The number of carbonyl (C=O) groups excluding carboxylic acids is 1. The van der Waals surface area contributed by atoms with Gasteiger partial charge in [-0.3, -0.25) is 9.48 Å². The van der Waals surface area contributed by atoms with Gasteiger partial charge in [-0.1, -0.05) is 20.8 Å². The predicted molar refractivity (Wildman–Crippen MR) is 83.7 cm³/mol. The van der Waals surface area contributed by atoms with Crippen LogP contribution in [-0.2, 0) is 23.8 Å². The second-order valence-electron chi connectivity index (χ2n) is 7.26. The predicted octanol–water partition coefficient (Wildman–Crippen LogP) is 1.85. The van der Waals surface area contributed by atoms with E-state index in [4.69, 9.17) is 5.73 Å². The Morgan fingerprint density at radius 1 is 1.38 bits per heavy atom. The summed E-state index contributed by atoms with van der Waals surface area (Å²) in [6.45, 7) is 7.41. The molecule has 1 heterocycles. The van der Waals surface area contributed by atoms with Crippen molar-refractivity contribution < 1.29 is 4.79 Å². The quantitative estimate of drug-likeness (QED) is 0.889. The monoisotopic (exact) mass is 292 g/mol. The van der Waals surface area contributed by atoms with Gasteiger partial charge in [-0.05, 0) is 25.7 Å². The molecule has 0 saturated heterocycles. The zero-order valence-corrected chi connectivity index (χ0v) is 13.6. The number of amides is 1. The summed E-state index contributed by atoms with van der Waals surface area (Å²) in [5, 5.41) is 8.21. The molecule has 0 aliphatic heterocycles. The van der Waals surface area contributed by atoms with E-state index in [1.165, 1.54) is 5.56 Å². The Morgan fingerprint density at radius 2 is 2.00 bits per heavy atom. The first-order valence-corrected chi connectivity index (χ1v) is 7.83. The normalized spacial score (nSPS) is 23.2. The summed E-state index contributed by atoms with van der Waals surface area (Å²) in [4.78, 5) is 11.2. The van der Waals surface area contributed by atoms with Crippen molar-refractivity contribution in [1.82, 2.24) is 15.1 Å². The van der Waals surface area contributed by atoms with Gasteiger partial charge in [0.05, 0.1) is 5.69 Å². The SMILES string of the molecule is Cn1cc(CNC2CCC(C(N)=O)CC2)c(C(C)(C)C)n1. The summed E-state index contributed by atoms with van der Waals surface area (Å²) in [5.74, 6) is -0.0673. The van der Waals surface area contributed by atoms with Crippen LogP contribution in [0.1, 0.15) is 57.7 Å². The van der Waals surface area contributed by atoms with Crippen LogP contribution in [0.25, 0.3) is 0 Å². The molecule has 2 rings (SSSR count). The van der Waals surface area contributed by atoms with E-state index in [0.29, 0.717) is 6.04 Å². The maximum Gasteiger partial charge on any atom is 0.220 e. The molecule has 0 atom stereocenters. The fraction of sp³-hybridized carbons (Fsp3) is 0.750. The summed E-state index contributed by atoms with van der Waals surface area (Å²) < 4.78 is 1.89. The zero-order chi connectivity index (χ0) is 15.6. The highest BCUT2D eigenvalue weighted by Gasteiger charge is 2.26. The number of rotatable bonds is 4. The zero-order valence-electron chi connectivity index (χ0n) is 13.6. The lowest BCUT2D eigenvalue weighted by Gasteiger charge is -2.27. The Morgan fingerprint density at radius 3 is 2.52 bits per heavy atom. The highest BCUT2D eigenvalue weighted by atomic mass is 16.1.